The summed E-state index contributed by atoms with van der Waals surface area (Å²) in [6.45, 7) is 4.98. The van der Waals surface area contributed by atoms with Crippen LogP contribution >= 0.6 is 11.3 Å². The molecule has 0 aliphatic carbocycles. The number of aryl methyl sites for hydroxylation is 1. The zero-order chi connectivity index (χ0) is 19.5. The molecular formula is C22H21N3O2S. The van der Waals surface area contributed by atoms with Crippen LogP contribution in [-0.4, -0.2) is 15.5 Å². The summed E-state index contributed by atoms with van der Waals surface area (Å²) < 4.78 is 7.52. The number of carbonyl (C=O) groups is 1. The van der Waals surface area contributed by atoms with E-state index in [1.165, 1.54) is 0 Å². The molecule has 0 atom stereocenters. The van der Waals surface area contributed by atoms with Crippen molar-refractivity contribution in [3.05, 3.63) is 88.6 Å². The molecule has 4 rings (SSSR count). The number of hydrogen-bond donors (Lipinski definition) is 1. The van der Waals surface area contributed by atoms with Gasteiger partial charge in [-0.15, -0.1) is 11.3 Å². The molecule has 3 heterocycles. The van der Waals surface area contributed by atoms with E-state index in [-0.39, 0.29) is 5.91 Å². The second kappa shape index (κ2) is 7.86. The number of benzene rings is 1. The number of thiazole rings is 1. The molecule has 0 aliphatic heterocycles. The van der Waals surface area contributed by atoms with Gasteiger partial charge in [-0.1, -0.05) is 30.3 Å². The second-order valence-corrected chi connectivity index (χ2v) is 7.50. The molecule has 6 heteroatoms. The molecule has 0 saturated carbocycles. The molecule has 0 saturated heterocycles. The van der Waals surface area contributed by atoms with Crippen molar-refractivity contribution in [2.75, 3.05) is 0 Å². The molecule has 0 radical (unpaired) electrons. The first-order valence-corrected chi connectivity index (χ1v) is 9.97. The van der Waals surface area contributed by atoms with E-state index in [1.807, 2.05) is 67.8 Å². The highest BCUT2D eigenvalue weighted by molar-refractivity contribution is 7.13. The molecule has 0 bridgehead atoms. The number of rotatable bonds is 6. The fourth-order valence-corrected chi connectivity index (χ4v) is 4.03. The molecule has 0 fully saturated rings. The van der Waals surface area contributed by atoms with Gasteiger partial charge in [0.05, 0.1) is 30.6 Å². The van der Waals surface area contributed by atoms with Crippen LogP contribution in [-0.2, 0) is 13.1 Å². The monoisotopic (exact) mass is 391 g/mol. The summed E-state index contributed by atoms with van der Waals surface area (Å²) in [5, 5.41) is 5.94. The predicted octanol–water partition coefficient (Wildman–Crippen LogP) is 4.80. The Morgan fingerprint density at radius 1 is 1.18 bits per heavy atom. The smallest absolute Gasteiger partial charge is 0.253 e. The van der Waals surface area contributed by atoms with Gasteiger partial charge in [-0.2, -0.15) is 0 Å². The van der Waals surface area contributed by atoms with Crippen LogP contribution in [0.5, 0.6) is 0 Å². The standard InChI is InChI=1S/C22H21N3O2S/c1-15-11-20(16(2)25(15)13-19-9-6-10-27-19)21(26)23-12-18-14-28-22(24-18)17-7-4-3-5-8-17/h3-11,14H,12-13H2,1-2H3,(H,23,26). The van der Waals surface area contributed by atoms with Gasteiger partial charge < -0.3 is 14.3 Å². The highest BCUT2D eigenvalue weighted by Crippen LogP contribution is 2.23. The summed E-state index contributed by atoms with van der Waals surface area (Å²) in [6, 6.07) is 15.8. The third-order valence-electron chi connectivity index (χ3n) is 4.71. The quantitative estimate of drug-likeness (QED) is 0.514. The molecule has 0 spiro atoms. The van der Waals surface area contributed by atoms with Crippen molar-refractivity contribution in [3.63, 3.8) is 0 Å². The zero-order valence-electron chi connectivity index (χ0n) is 15.8. The van der Waals surface area contributed by atoms with E-state index in [0.29, 0.717) is 18.7 Å². The summed E-state index contributed by atoms with van der Waals surface area (Å²) in [4.78, 5) is 17.3. The van der Waals surface area contributed by atoms with Crippen molar-refractivity contribution in [1.82, 2.24) is 14.9 Å². The minimum Gasteiger partial charge on any atom is -0.467 e. The van der Waals surface area contributed by atoms with Crippen molar-refractivity contribution in [2.24, 2.45) is 0 Å². The van der Waals surface area contributed by atoms with Gasteiger partial charge in [0.25, 0.3) is 5.91 Å². The van der Waals surface area contributed by atoms with Crippen molar-refractivity contribution in [2.45, 2.75) is 26.9 Å². The predicted molar refractivity (Wildman–Crippen MR) is 110 cm³/mol. The number of carbonyl (C=O) groups excluding carboxylic acids is 1. The Labute approximate surface area is 167 Å². The van der Waals surface area contributed by atoms with Crippen molar-refractivity contribution < 1.29 is 9.21 Å². The minimum absolute atomic E-state index is 0.0898. The number of amides is 1. The van der Waals surface area contributed by atoms with E-state index >= 15 is 0 Å². The number of nitrogens with zero attached hydrogens (tertiary/aromatic N) is 2. The minimum atomic E-state index is -0.0898. The third kappa shape index (κ3) is 3.77. The van der Waals surface area contributed by atoms with Crippen LogP contribution in [0.15, 0.2) is 64.6 Å². The highest BCUT2D eigenvalue weighted by atomic mass is 32.1. The molecule has 5 nitrogen and oxygen atoms in total. The van der Waals surface area contributed by atoms with Gasteiger partial charge in [0, 0.05) is 22.3 Å². The lowest BCUT2D eigenvalue weighted by Crippen LogP contribution is -2.23. The number of aromatic nitrogens is 2. The summed E-state index contributed by atoms with van der Waals surface area (Å²) in [5.74, 6) is 0.776. The van der Waals surface area contributed by atoms with Gasteiger partial charge >= 0.3 is 0 Å². The first-order valence-electron chi connectivity index (χ1n) is 9.09. The van der Waals surface area contributed by atoms with Crippen LogP contribution < -0.4 is 5.32 Å². The Balaban J connectivity index is 1.44. The average Bonchev–Trinajstić information content (AvgIpc) is 3.45. The summed E-state index contributed by atoms with van der Waals surface area (Å²) in [6.07, 6.45) is 1.66. The number of hydrogen-bond acceptors (Lipinski definition) is 4. The van der Waals surface area contributed by atoms with E-state index in [4.69, 9.17) is 4.42 Å². The lowest BCUT2D eigenvalue weighted by atomic mass is 10.2. The van der Waals surface area contributed by atoms with Gasteiger partial charge in [-0.25, -0.2) is 4.98 Å². The average molecular weight is 391 g/mol. The normalized spacial score (nSPS) is 10.9. The van der Waals surface area contributed by atoms with Crippen molar-refractivity contribution in [3.8, 4) is 10.6 Å². The van der Waals surface area contributed by atoms with Gasteiger partial charge in [-0.05, 0) is 32.0 Å². The fourth-order valence-electron chi connectivity index (χ4n) is 3.20. The van der Waals surface area contributed by atoms with E-state index in [0.717, 1.165) is 33.4 Å². The summed E-state index contributed by atoms with van der Waals surface area (Å²) in [7, 11) is 0. The Bertz CT molecular complexity index is 1080. The summed E-state index contributed by atoms with van der Waals surface area (Å²) >= 11 is 1.58. The van der Waals surface area contributed by atoms with Gasteiger partial charge in [0.15, 0.2) is 0 Å². The lowest BCUT2D eigenvalue weighted by molar-refractivity contribution is 0.0949. The largest absolute Gasteiger partial charge is 0.467 e. The summed E-state index contributed by atoms with van der Waals surface area (Å²) in [5.41, 5.74) is 4.59. The van der Waals surface area contributed by atoms with E-state index in [1.54, 1.807) is 17.6 Å². The number of furan rings is 1. The fraction of sp³-hybridized carbons (Fsp3) is 0.182. The molecule has 1 amide bonds. The molecule has 28 heavy (non-hydrogen) atoms. The van der Waals surface area contributed by atoms with Gasteiger partial charge in [0.1, 0.15) is 10.8 Å². The molecule has 0 aliphatic rings. The van der Waals surface area contributed by atoms with Crippen LogP contribution in [0.1, 0.15) is 33.2 Å². The van der Waals surface area contributed by atoms with E-state index < -0.39 is 0 Å². The second-order valence-electron chi connectivity index (χ2n) is 6.64. The van der Waals surface area contributed by atoms with E-state index in [2.05, 4.69) is 14.9 Å². The zero-order valence-corrected chi connectivity index (χ0v) is 16.6. The Morgan fingerprint density at radius 3 is 2.75 bits per heavy atom. The van der Waals surface area contributed by atoms with Crippen LogP contribution in [0.2, 0.25) is 0 Å². The molecular weight excluding hydrogens is 370 g/mol. The maximum absolute atomic E-state index is 12.7. The van der Waals surface area contributed by atoms with Crippen LogP contribution in [0.25, 0.3) is 10.6 Å². The van der Waals surface area contributed by atoms with Crippen molar-refractivity contribution >= 4 is 17.2 Å². The molecule has 3 aromatic heterocycles. The lowest BCUT2D eigenvalue weighted by Gasteiger charge is -2.08. The van der Waals surface area contributed by atoms with Crippen LogP contribution in [0.4, 0.5) is 0 Å². The first kappa shape index (κ1) is 18.3. The Hall–Kier alpha value is -3.12. The third-order valence-corrected chi connectivity index (χ3v) is 5.66. The Morgan fingerprint density at radius 2 is 2.00 bits per heavy atom. The van der Waals surface area contributed by atoms with Gasteiger partial charge in [-0.3, -0.25) is 4.79 Å². The number of nitrogens with one attached hydrogen (secondary N) is 1. The molecule has 4 aromatic rings. The van der Waals surface area contributed by atoms with Crippen LogP contribution in [0.3, 0.4) is 0 Å². The van der Waals surface area contributed by atoms with Gasteiger partial charge in [0.2, 0.25) is 0 Å². The topological polar surface area (TPSA) is 60.1 Å². The molecule has 0 unspecified atom stereocenters. The maximum atomic E-state index is 12.7. The Kier molecular flexibility index (Phi) is 5.12. The SMILES string of the molecule is Cc1cc(C(=O)NCc2csc(-c3ccccc3)n2)c(C)n1Cc1ccco1. The molecule has 1 N–H and O–H groups in total. The highest BCUT2D eigenvalue weighted by Gasteiger charge is 2.16. The maximum Gasteiger partial charge on any atom is 0.253 e. The molecule has 1 aromatic carbocycles. The first-order chi connectivity index (χ1) is 13.6. The molecule has 142 valence electrons. The van der Waals surface area contributed by atoms with Crippen LogP contribution in [0, 0.1) is 13.8 Å². The van der Waals surface area contributed by atoms with E-state index in [9.17, 15) is 4.79 Å². The van der Waals surface area contributed by atoms with Crippen molar-refractivity contribution in [1.29, 1.82) is 0 Å².